The largest absolute Gasteiger partial charge is 0.494 e. The topological polar surface area (TPSA) is 64.1 Å². The molecule has 0 atom stereocenters. The molecule has 0 aliphatic rings. The Morgan fingerprint density at radius 2 is 2.09 bits per heavy atom. The lowest BCUT2D eigenvalue weighted by atomic mass is 10.1. The average molecular weight is 293 g/mol. The van der Waals surface area contributed by atoms with Crippen LogP contribution in [0.5, 0.6) is 5.75 Å². The van der Waals surface area contributed by atoms with Crippen LogP contribution in [0, 0.1) is 6.92 Å². The number of anilines is 1. The van der Waals surface area contributed by atoms with Crippen molar-refractivity contribution in [1.29, 1.82) is 0 Å². The Morgan fingerprint density at radius 3 is 2.82 bits per heavy atom. The van der Waals surface area contributed by atoms with E-state index in [1.807, 2.05) is 31.2 Å². The minimum atomic E-state index is -0.206. The van der Waals surface area contributed by atoms with Gasteiger partial charge in [0.25, 0.3) is 5.91 Å². The van der Waals surface area contributed by atoms with E-state index in [-0.39, 0.29) is 5.91 Å². The number of aromatic nitrogens is 2. The SMILES string of the molecule is COc1cccc2c(NC(=O)c3cccnc3)cc(C)nc12. The number of hydrogen-bond acceptors (Lipinski definition) is 4. The number of carbonyl (C=O) groups is 1. The number of ether oxygens (including phenoxy) is 1. The summed E-state index contributed by atoms with van der Waals surface area (Å²) in [7, 11) is 1.60. The standard InChI is InChI=1S/C17H15N3O2/c1-11-9-14(20-17(21)12-5-4-8-18-10-12)13-6-3-7-15(22-2)16(13)19-11/h3-10H,1-2H3,(H,19,20,21). The van der Waals surface area contributed by atoms with Crippen molar-refractivity contribution in [1.82, 2.24) is 9.97 Å². The fraction of sp³-hybridized carbons (Fsp3) is 0.118. The van der Waals surface area contributed by atoms with Crippen molar-refractivity contribution < 1.29 is 9.53 Å². The smallest absolute Gasteiger partial charge is 0.257 e. The van der Waals surface area contributed by atoms with Gasteiger partial charge in [0.1, 0.15) is 11.3 Å². The van der Waals surface area contributed by atoms with E-state index in [4.69, 9.17) is 4.74 Å². The molecule has 0 aliphatic heterocycles. The molecule has 0 fully saturated rings. The maximum absolute atomic E-state index is 12.3. The van der Waals surface area contributed by atoms with Crippen LogP contribution in [-0.2, 0) is 0 Å². The van der Waals surface area contributed by atoms with Crippen LogP contribution in [0.4, 0.5) is 5.69 Å². The van der Waals surface area contributed by atoms with E-state index in [1.165, 1.54) is 6.20 Å². The van der Waals surface area contributed by atoms with E-state index in [0.29, 0.717) is 17.0 Å². The summed E-state index contributed by atoms with van der Waals surface area (Å²) in [6, 6.07) is 10.9. The third-order valence-corrected chi connectivity index (χ3v) is 3.32. The van der Waals surface area contributed by atoms with Gasteiger partial charge in [-0.3, -0.25) is 9.78 Å². The molecule has 22 heavy (non-hydrogen) atoms. The van der Waals surface area contributed by atoms with Crippen LogP contribution in [0.1, 0.15) is 16.1 Å². The van der Waals surface area contributed by atoms with Gasteiger partial charge in [-0.15, -0.1) is 0 Å². The monoisotopic (exact) mass is 293 g/mol. The summed E-state index contributed by atoms with van der Waals surface area (Å²) in [4.78, 5) is 20.8. The molecule has 3 rings (SSSR count). The van der Waals surface area contributed by atoms with E-state index in [0.717, 1.165) is 16.6 Å². The summed E-state index contributed by atoms with van der Waals surface area (Å²) >= 11 is 0. The summed E-state index contributed by atoms with van der Waals surface area (Å²) in [5, 5.41) is 3.75. The molecule has 0 aliphatic carbocycles. The van der Waals surface area contributed by atoms with Crippen molar-refractivity contribution in [2.24, 2.45) is 0 Å². The first-order valence-corrected chi connectivity index (χ1v) is 6.85. The van der Waals surface area contributed by atoms with Crippen LogP contribution in [-0.4, -0.2) is 23.0 Å². The Labute approximate surface area is 128 Å². The normalized spacial score (nSPS) is 10.5. The number of hydrogen-bond donors (Lipinski definition) is 1. The second-order valence-corrected chi connectivity index (χ2v) is 4.86. The molecule has 5 heteroatoms. The molecule has 0 saturated heterocycles. The minimum Gasteiger partial charge on any atom is -0.494 e. The van der Waals surface area contributed by atoms with Crippen molar-refractivity contribution >= 4 is 22.5 Å². The maximum atomic E-state index is 12.3. The molecular formula is C17H15N3O2. The molecule has 0 unspecified atom stereocenters. The van der Waals surface area contributed by atoms with Crippen molar-refractivity contribution in [2.75, 3.05) is 12.4 Å². The lowest BCUT2D eigenvalue weighted by Crippen LogP contribution is -2.12. The number of methoxy groups -OCH3 is 1. The van der Waals surface area contributed by atoms with Gasteiger partial charge in [-0.25, -0.2) is 4.98 Å². The predicted molar refractivity (Wildman–Crippen MR) is 85.2 cm³/mol. The number of fused-ring (bicyclic) bond motifs is 1. The molecule has 3 aromatic rings. The van der Waals surface area contributed by atoms with E-state index in [1.54, 1.807) is 25.4 Å². The summed E-state index contributed by atoms with van der Waals surface area (Å²) in [5.74, 6) is 0.473. The highest BCUT2D eigenvalue weighted by Gasteiger charge is 2.12. The predicted octanol–water partition coefficient (Wildman–Crippen LogP) is 3.20. The van der Waals surface area contributed by atoms with Gasteiger partial charge in [-0.05, 0) is 31.2 Å². The first-order valence-electron chi connectivity index (χ1n) is 6.85. The molecular weight excluding hydrogens is 278 g/mol. The number of para-hydroxylation sites is 1. The van der Waals surface area contributed by atoms with E-state index >= 15 is 0 Å². The zero-order valence-electron chi connectivity index (χ0n) is 12.3. The van der Waals surface area contributed by atoms with Crippen LogP contribution < -0.4 is 10.1 Å². The molecule has 1 N–H and O–H groups in total. The number of nitrogens with one attached hydrogen (secondary N) is 1. The van der Waals surface area contributed by atoms with Crippen LogP contribution >= 0.6 is 0 Å². The summed E-state index contributed by atoms with van der Waals surface area (Å²) in [6.07, 6.45) is 3.17. The van der Waals surface area contributed by atoms with Crippen LogP contribution in [0.2, 0.25) is 0 Å². The fourth-order valence-corrected chi connectivity index (χ4v) is 2.31. The Balaban J connectivity index is 2.06. The Hall–Kier alpha value is -2.95. The van der Waals surface area contributed by atoms with Crippen molar-refractivity contribution in [3.8, 4) is 5.75 Å². The van der Waals surface area contributed by atoms with Gasteiger partial charge in [0.05, 0.1) is 18.4 Å². The van der Waals surface area contributed by atoms with Crippen molar-refractivity contribution in [3.63, 3.8) is 0 Å². The summed E-state index contributed by atoms with van der Waals surface area (Å²) in [6.45, 7) is 1.88. The van der Waals surface area contributed by atoms with Crippen LogP contribution in [0.3, 0.4) is 0 Å². The fourth-order valence-electron chi connectivity index (χ4n) is 2.31. The molecule has 0 radical (unpaired) electrons. The quantitative estimate of drug-likeness (QED) is 0.805. The number of benzene rings is 1. The van der Waals surface area contributed by atoms with Crippen molar-refractivity contribution in [3.05, 3.63) is 60.0 Å². The Morgan fingerprint density at radius 1 is 1.23 bits per heavy atom. The highest BCUT2D eigenvalue weighted by atomic mass is 16.5. The number of amides is 1. The molecule has 0 bridgehead atoms. The molecule has 5 nitrogen and oxygen atoms in total. The van der Waals surface area contributed by atoms with E-state index in [2.05, 4.69) is 15.3 Å². The van der Waals surface area contributed by atoms with Gasteiger partial charge < -0.3 is 10.1 Å². The van der Waals surface area contributed by atoms with Gasteiger partial charge in [-0.1, -0.05) is 12.1 Å². The second-order valence-electron chi connectivity index (χ2n) is 4.86. The van der Waals surface area contributed by atoms with Gasteiger partial charge in [-0.2, -0.15) is 0 Å². The number of pyridine rings is 2. The lowest BCUT2D eigenvalue weighted by Gasteiger charge is -2.11. The molecule has 110 valence electrons. The van der Waals surface area contributed by atoms with Gasteiger partial charge >= 0.3 is 0 Å². The molecule has 1 amide bonds. The van der Waals surface area contributed by atoms with Gasteiger partial charge in [0.15, 0.2) is 0 Å². The van der Waals surface area contributed by atoms with E-state index in [9.17, 15) is 4.79 Å². The third-order valence-electron chi connectivity index (χ3n) is 3.32. The minimum absolute atomic E-state index is 0.206. The maximum Gasteiger partial charge on any atom is 0.257 e. The van der Waals surface area contributed by atoms with Crippen LogP contribution in [0.15, 0.2) is 48.8 Å². The third kappa shape index (κ3) is 2.61. The molecule has 2 aromatic heterocycles. The number of aryl methyl sites for hydroxylation is 1. The Bertz CT molecular complexity index is 832. The van der Waals surface area contributed by atoms with E-state index < -0.39 is 0 Å². The molecule has 0 spiro atoms. The highest BCUT2D eigenvalue weighted by Crippen LogP contribution is 2.30. The second kappa shape index (κ2) is 5.81. The number of carbonyl (C=O) groups excluding carboxylic acids is 1. The molecule has 2 heterocycles. The van der Waals surface area contributed by atoms with Crippen LogP contribution in [0.25, 0.3) is 10.9 Å². The zero-order chi connectivity index (χ0) is 15.5. The number of nitrogens with zero attached hydrogens (tertiary/aromatic N) is 2. The summed E-state index contributed by atoms with van der Waals surface area (Å²) in [5.41, 5.74) is 2.74. The number of rotatable bonds is 3. The first kappa shape index (κ1) is 14.0. The molecule has 0 saturated carbocycles. The first-order chi connectivity index (χ1) is 10.7. The van der Waals surface area contributed by atoms with Crippen molar-refractivity contribution in [2.45, 2.75) is 6.92 Å². The Kier molecular flexibility index (Phi) is 3.70. The van der Waals surface area contributed by atoms with Gasteiger partial charge in [0, 0.05) is 23.5 Å². The summed E-state index contributed by atoms with van der Waals surface area (Å²) < 4.78 is 5.34. The highest BCUT2D eigenvalue weighted by molar-refractivity contribution is 6.09. The van der Waals surface area contributed by atoms with Gasteiger partial charge in [0.2, 0.25) is 0 Å². The average Bonchev–Trinajstić information content (AvgIpc) is 2.55. The zero-order valence-corrected chi connectivity index (χ0v) is 12.3. The lowest BCUT2D eigenvalue weighted by molar-refractivity contribution is 0.102. The molecule has 1 aromatic carbocycles.